The Balaban J connectivity index is 0.000000180. The van der Waals surface area contributed by atoms with E-state index in [2.05, 4.69) is 65.9 Å². The molecule has 0 saturated carbocycles. The summed E-state index contributed by atoms with van der Waals surface area (Å²) >= 11 is 0. The molecular formula is C30H25IrN3-2. The number of aromatic nitrogens is 3. The molecule has 0 amide bonds. The van der Waals surface area contributed by atoms with Gasteiger partial charge in [0.15, 0.2) is 0 Å². The molecule has 0 N–H and O–H groups in total. The van der Waals surface area contributed by atoms with E-state index in [1.165, 1.54) is 16.7 Å². The van der Waals surface area contributed by atoms with E-state index in [1.54, 1.807) is 6.20 Å². The first kappa shape index (κ1) is 23.8. The third kappa shape index (κ3) is 4.79. The summed E-state index contributed by atoms with van der Waals surface area (Å²) in [5.41, 5.74) is 8.15. The summed E-state index contributed by atoms with van der Waals surface area (Å²) in [6.45, 7) is 5.39. The van der Waals surface area contributed by atoms with E-state index >= 15 is 0 Å². The van der Waals surface area contributed by atoms with Crippen LogP contribution in [0.1, 0.15) is 19.4 Å². The van der Waals surface area contributed by atoms with Crippen molar-refractivity contribution in [2.75, 3.05) is 0 Å². The maximum absolute atomic E-state index is 4.85. The van der Waals surface area contributed by atoms with E-state index in [0.717, 1.165) is 34.7 Å². The van der Waals surface area contributed by atoms with Crippen LogP contribution < -0.4 is 0 Å². The number of benzene rings is 3. The summed E-state index contributed by atoms with van der Waals surface area (Å²) in [4.78, 5) is 9.06. The third-order valence-corrected chi connectivity index (χ3v) is 5.79. The van der Waals surface area contributed by atoms with Gasteiger partial charge in [-0.15, -0.1) is 71.8 Å². The quantitative estimate of drug-likeness (QED) is 0.202. The largest absolute Gasteiger partial charge is 0.360 e. The van der Waals surface area contributed by atoms with E-state index in [4.69, 9.17) is 4.98 Å². The molecular weight excluding hydrogens is 595 g/mol. The average molecular weight is 620 g/mol. The van der Waals surface area contributed by atoms with Gasteiger partial charge in [0.1, 0.15) is 0 Å². The van der Waals surface area contributed by atoms with Crippen molar-refractivity contribution in [2.24, 2.45) is 5.92 Å². The summed E-state index contributed by atoms with van der Waals surface area (Å²) in [6.07, 6.45) is 4.12. The Morgan fingerprint density at radius 2 is 1.56 bits per heavy atom. The first-order valence-corrected chi connectivity index (χ1v) is 11.3. The Hall–Kier alpha value is -3.33. The Bertz CT molecular complexity index is 1350. The topological polar surface area (TPSA) is 30.7 Å². The van der Waals surface area contributed by atoms with Gasteiger partial charge in [-0.1, -0.05) is 44.2 Å². The van der Waals surface area contributed by atoms with Gasteiger partial charge < -0.3 is 9.55 Å². The number of pyridine rings is 1. The number of para-hydroxylation sites is 1. The summed E-state index contributed by atoms with van der Waals surface area (Å²) in [7, 11) is 0. The second-order valence-corrected chi connectivity index (χ2v) is 8.30. The van der Waals surface area contributed by atoms with Crippen LogP contribution in [0.2, 0.25) is 0 Å². The van der Waals surface area contributed by atoms with Crippen molar-refractivity contribution in [3.63, 3.8) is 0 Å². The smallest absolute Gasteiger partial charge is 0.0777 e. The van der Waals surface area contributed by atoms with Crippen LogP contribution in [0.4, 0.5) is 0 Å². The molecule has 1 aliphatic rings. The second-order valence-electron chi connectivity index (χ2n) is 8.30. The Morgan fingerprint density at radius 1 is 0.824 bits per heavy atom. The molecule has 34 heavy (non-hydrogen) atoms. The van der Waals surface area contributed by atoms with E-state index < -0.39 is 0 Å². The fourth-order valence-electron chi connectivity index (χ4n) is 4.26. The van der Waals surface area contributed by atoms with Gasteiger partial charge in [-0.05, 0) is 29.3 Å². The minimum atomic E-state index is 0. The third-order valence-electron chi connectivity index (χ3n) is 5.79. The van der Waals surface area contributed by atoms with Crippen LogP contribution in [0.3, 0.4) is 0 Å². The van der Waals surface area contributed by atoms with E-state index in [9.17, 15) is 0 Å². The van der Waals surface area contributed by atoms with Gasteiger partial charge >= 0.3 is 0 Å². The van der Waals surface area contributed by atoms with Crippen molar-refractivity contribution in [1.29, 1.82) is 0 Å². The number of imidazole rings is 1. The normalized spacial score (nSPS) is 11.9. The SMILES string of the molecule is CC(C)C1=CCn2c(-c3[c-]cccc3)nc3cccc1c32.[Ir].[c-]1ccccc1-c1ccccn1. The van der Waals surface area contributed by atoms with Gasteiger partial charge in [-0.3, -0.25) is 4.98 Å². The standard InChI is InChI=1S/C19H17N2.C11H8N.Ir/c1-13(2)15-11-12-21-18-16(15)9-6-10-17(18)20-19(21)14-7-4-3-5-8-14;1-2-6-10(7-3-1)11-8-4-5-9-12-11;/h3-7,9-11,13H,12H2,1-2H3;1-6,8-9H;/q2*-1;. The molecule has 0 spiro atoms. The summed E-state index contributed by atoms with van der Waals surface area (Å²) in [5, 5.41) is 0. The monoisotopic (exact) mass is 620 g/mol. The zero-order valence-electron chi connectivity index (χ0n) is 19.2. The summed E-state index contributed by atoms with van der Waals surface area (Å²) in [5.74, 6) is 1.54. The fourth-order valence-corrected chi connectivity index (χ4v) is 4.26. The zero-order valence-corrected chi connectivity index (χ0v) is 21.6. The van der Waals surface area contributed by atoms with Gasteiger partial charge in [-0.2, -0.15) is 0 Å². The molecule has 1 aliphatic heterocycles. The molecule has 3 nitrogen and oxygen atoms in total. The fraction of sp³-hybridized carbons (Fsp3) is 0.133. The molecule has 5 aromatic rings. The summed E-state index contributed by atoms with van der Waals surface area (Å²) in [6, 6.07) is 34.6. The van der Waals surface area contributed by atoms with Crippen molar-refractivity contribution >= 4 is 16.6 Å². The maximum atomic E-state index is 4.85. The predicted molar refractivity (Wildman–Crippen MR) is 135 cm³/mol. The predicted octanol–water partition coefficient (Wildman–Crippen LogP) is 7.10. The number of hydrogen-bond acceptors (Lipinski definition) is 2. The van der Waals surface area contributed by atoms with Crippen LogP contribution in [0.5, 0.6) is 0 Å². The van der Waals surface area contributed by atoms with Crippen molar-refractivity contribution in [2.45, 2.75) is 20.4 Å². The van der Waals surface area contributed by atoms with Crippen LogP contribution in [-0.2, 0) is 26.7 Å². The molecule has 0 unspecified atom stereocenters. The Morgan fingerprint density at radius 3 is 2.21 bits per heavy atom. The van der Waals surface area contributed by atoms with Gasteiger partial charge in [0.2, 0.25) is 0 Å². The molecule has 1 radical (unpaired) electrons. The number of nitrogens with zero attached hydrogens (tertiary/aromatic N) is 3. The average Bonchev–Trinajstić information content (AvgIpc) is 3.26. The Labute approximate surface area is 214 Å². The molecule has 171 valence electrons. The number of rotatable bonds is 3. The molecule has 3 heterocycles. The molecule has 0 saturated heterocycles. The molecule has 2 aromatic heterocycles. The van der Waals surface area contributed by atoms with Gasteiger partial charge in [0.25, 0.3) is 0 Å². The minimum absolute atomic E-state index is 0. The van der Waals surface area contributed by atoms with Gasteiger partial charge in [-0.25, -0.2) is 0 Å². The van der Waals surface area contributed by atoms with Crippen molar-refractivity contribution < 1.29 is 20.1 Å². The molecule has 0 fully saturated rings. The van der Waals surface area contributed by atoms with E-state index in [-0.39, 0.29) is 20.1 Å². The second kappa shape index (κ2) is 10.7. The molecule has 6 rings (SSSR count). The molecule has 0 bridgehead atoms. The summed E-state index contributed by atoms with van der Waals surface area (Å²) < 4.78 is 2.31. The van der Waals surface area contributed by atoms with Crippen LogP contribution in [-0.4, -0.2) is 14.5 Å². The number of hydrogen-bond donors (Lipinski definition) is 0. The van der Waals surface area contributed by atoms with Crippen LogP contribution in [0.25, 0.3) is 39.3 Å². The molecule has 3 aromatic carbocycles. The van der Waals surface area contributed by atoms with Gasteiger partial charge in [0.05, 0.1) is 16.9 Å². The van der Waals surface area contributed by atoms with E-state index in [1.807, 2.05) is 60.7 Å². The maximum Gasteiger partial charge on any atom is 0.0777 e. The molecule has 0 aliphatic carbocycles. The first-order chi connectivity index (χ1) is 16.2. The Kier molecular flexibility index (Phi) is 7.52. The molecule has 0 atom stereocenters. The van der Waals surface area contributed by atoms with Crippen molar-refractivity contribution in [3.05, 3.63) is 115 Å². The van der Waals surface area contributed by atoms with Crippen molar-refractivity contribution in [3.8, 4) is 22.6 Å². The van der Waals surface area contributed by atoms with Gasteiger partial charge in [0, 0.05) is 38.4 Å². The first-order valence-electron chi connectivity index (χ1n) is 11.3. The number of allylic oxidation sites excluding steroid dienone is 2. The van der Waals surface area contributed by atoms with Crippen LogP contribution in [0.15, 0.2) is 97.2 Å². The zero-order chi connectivity index (χ0) is 22.6. The molecule has 4 heteroatoms. The minimum Gasteiger partial charge on any atom is -0.360 e. The van der Waals surface area contributed by atoms with Crippen molar-refractivity contribution in [1.82, 2.24) is 14.5 Å². The van der Waals surface area contributed by atoms with Crippen LogP contribution >= 0.6 is 0 Å². The van der Waals surface area contributed by atoms with Crippen LogP contribution in [0, 0.1) is 18.1 Å². The van der Waals surface area contributed by atoms with E-state index in [0.29, 0.717) is 5.92 Å².